The van der Waals surface area contributed by atoms with Crippen LogP contribution in [-0.4, -0.2) is 0 Å². The van der Waals surface area contributed by atoms with Gasteiger partial charge in [0.15, 0.2) is 0 Å². The van der Waals surface area contributed by atoms with Crippen LogP contribution in [0.3, 0.4) is 0 Å². The van der Waals surface area contributed by atoms with Crippen molar-refractivity contribution in [2.24, 2.45) is 0 Å². The molecule has 0 heterocycles. The standard InChI is InChI=1S/C42H28/c1-3-12-29(13-4-1)34-26-27-39-40(28-34)42(32-15-5-2-6-16-32)38-20-10-9-19-37(38)41(39)33-24-22-31(23-25-33)36-21-11-17-30-14-7-8-18-35(30)36/h1-28H. The Kier molecular flexibility index (Phi) is 5.90. The van der Waals surface area contributed by atoms with Gasteiger partial charge in [-0.1, -0.05) is 164 Å². The third-order valence-corrected chi connectivity index (χ3v) is 8.47. The third-order valence-electron chi connectivity index (χ3n) is 8.47. The zero-order chi connectivity index (χ0) is 27.9. The van der Waals surface area contributed by atoms with Crippen LogP contribution in [0.2, 0.25) is 0 Å². The summed E-state index contributed by atoms with van der Waals surface area (Å²) in [6, 6.07) is 61.7. The second kappa shape index (κ2) is 10.2. The summed E-state index contributed by atoms with van der Waals surface area (Å²) in [4.78, 5) is 0. The second-order valence-electron chi connectivity index (χ2n) is 10.9. The molecule has 42 heavy (non-hydrogen) atoms. The molecule has 0 spiro atoms. The van der Waals surface area contributed by atoms with E-state index in [2.05, 4.69) is 170 Å². The number of rotatable bonds is 4. The van der Waals surface area contributed by atoms with Gasteiger partial charge in [-0.2, -0.15) is 0 Å². The van der Waals surface area contributed by atoms with Gasteiger partial charge in [-0.05, 0) is 82.9 Å². The van der Waals surface area contributed by atoms with E-state index in [1.165, 1.54) is 76.8 Å². The van der Waals surface area contributed by atoms with E-state index in [4.69, 9.17) is 0 Å². The molecular formula is C42H28. The minimum atomic E-state index is 1.23. The Morgan fingerprint density at radius 1 is 0.238 bits per heavy atom. The molecular weight excluding hydrogens is 504 g/mol. The Morgan fingerprint density at radius 2 is 0.714 bits per heavy atom. The highest BCUT2D eigenvalue weighted by molar-refractivity contribution is 6.22. The zero-order valence-electron chi connectivity index (χ0n) is 23.2. The zero-order valence-corrected chi connectivity index (χ0v) is 23.2. The minimum Gasteiger partial charge on any atom is -0.0622 e. The van der Waals surface area contributed by atoms with E-state index in [0.29, 0.717) is 0 Å². The van der Waals surface area contributed by atoms with Crippen molar-refractivity contribution in [3.63, 3.8) is 0 Å². The molecule has 0 aliphatic carbocycles. The van der Waals surface area contributed by atoms with E-state index in [9.17, 15) is 0 Å². The fraction of sp³-hybridized carbons (Fsp3) is 0. The molecule has 196 valence electrons. The van der Waals surface area contributed by atoms with Crippen molar-refractivity contribution in [2.45, 2.75) is 0 Å². The molecule has 0 aliphatic heterocycles. The molecule has 0 saturated carbocycles. The van der Waals surface area contributed by atoms with E-state index in [1.807, 2.05) is 0 Å². The molecule has 0 aliphatic rings. The molecule has 8 aromatic carbocycles. The summed E-state index contributed by atoms with van der Waals surface area (Å²) in [5, 5.41) is 7.63. The van der Waals surface area contributed by atoms with Crippen molar-refractivity contribution < 1.29 is 0 Å². The van der Waals surface area contributed by atoms with Crippen LogP contribution < -0.4 is 0 Å². The minimum absolute atomic E-state index is 1.23. The summed E-state index contributed by atoms with van der Waals surface area (Å²) in [5.74, 6) is 0. The van der Waals surface area contributed by atoms with Crippen molar-refractivity contribution in [1.82, 2.24) is 0 Å². The Morgan fingerprint density at radius 3 is 1.43 bits per heavy atom. The second-order valence-corrected chi connectivity index (χ2v) is 10.9. The molecule has 0 N–H and O–H groups in total. The van der Waals surface area contributed by atoms with Gasteiger partial charge in [-0.15, -0.1) is 0 Å². The van der Waals surface area contributed by atoms with Crippen LogP contribution in [0.1, 0.15) is 0 Å². The van der Waals surface area contributed by atoms with Gasteiger partial charge in [-0.3, -0.25) is 0 Å². The van der Waals surface area contributed by atoms with Gasteiger partial charge in [0.25, 0.3) is 0 Å². The number of fused-ring (bicyclic) bond motifs is 3. The number of hydrogen-bond acceptors (Lipinski definition) is 0. The molecule has 0 bridgehead atoms. The lowest BCUT2D eigenvalue weighted by Gasteiger charge is -2.19. The quantitative estimate of drug-likeness (QED) is 0.198. The summed E-state index contributed by atoms with van der Waals surface area (Å²) < 4.78 is 0. The molecule has 8 rings (SSSR count). The summed E-state index contributed by atoms with van der Waals surface area (Å²) in [5.41, 5.74) is 9.99. The maximum absolute atomic E-state index is 2.38. The van der Waals surface area contributed by atoms with Crippen molar-refractivity contribution in [3.8, 4) is 44.5 Å². The average molecular weight is 533 g/mol. The van der Waals surface area contributed by atoms with Crippen molar-refractivity contribution in [3.05, 3.63) is 170 Å². The van der Waals surface area contributed by atoms with Gasteiger partial charge in [0.05, 0.1) is 0 Å². The van der Waals surface area contributed by atoms with Gasteiger partial charge < -0.3 is 0 Å². The van der Waals surface area contributed by atoms with Crippen LogP contribution in [0.15, 0.2) is 170 Å². The van der Waals surface area contributed by atoms with E-state index in [0.717, 1.165) is 0 Å². The van der Waals surface area contributed by atoms with Crippen LogP contribution in [-0.2, 0) is 0 Å². The van der Waals surface area contributed by atoms with E-state index < -0.39 is 0 Å². The van der Waals surface area contributed by atoms with Crippen molar-refractivity contribution in [2.75, 3.05) is 0 Å². The Hall–Kier alpha value is -5.46. The highest BCUT2D eigenvalue weighted by Gasteiger charge is 2.17. The predicted octanol–water partition coefficient (Wildman–Crippen LogP) is 11.8. The molecule has 0 fully saturated rings. The monoisotopic (exact) mass is 532 g/mol. The van der Waals surface area contributed by atoms with Crippen molar-refractivity contribution >= 4 is 32.3 Å². The molecule has 0 saturated heterocycles. The predicted molar refractivity (Wildman–Crippen MR) is 181 cm³/mol. The highest BCUT2D eigenvalue weighted by Crippen LogP contribution is 2.45. The number of benzene rings is 8. The van der Waals surface area contributed by atoms with Crippen LogP contribution in [0.5, 0.6) is 0 Å². The lowest BCUT2D eigenvalue weighted by Crippen LogP contribution is -1.92. The molecule has 0 aromatic heterocycles. The molecule has 0 amide bonds. The van der Waals surface area contributed by atoms with E-state index in [-0.39, 0.29) is 0 Å². The van der Waals surface area contributed by atoms with Crippen LogP contribution in [0, 0.1) is 0 Å². The van der Waals surface area contributed by atoms with Crippen molar-refractivity contribution in [1.29, 1.82) is 0 Å². The smallest absolute Gasteiger partial charge is 0.00262 e. The van der Waals surface area contributed by atoms with Gasteiger partial charge >= 0.3 is 0 Å². The van der Waals surface area contributed by atoms with E-state index >= 15 is 0 Å². The fourth-order valence-corrected chi connectivity index (χ4v) is 6.51. The first kappa shape index (κ1) is 24.3. The Labute approximate surface area is 246 Å². The summed E-state index contributed by atoms with van der Waals surface area (Å²) >= 11 is 0. The van der Waals surface area contributed by atoms with Gasteiger partial charge in [0.2, 0.25) is 0 Å². The largest absolute Gasteiger partial charge is 0.0622 e. The normalized spacial score (nSPS) is 11.3. The maximum Gasteiger partial charge on any atom is -0.00262 e. The van der Waals surface area contributed by atoms with Crippen LogP contribution in [0.25, 0.3) is 76.8 Å². The molecule has 0 radical (unpaired) electrons. The SMILES string of the molecule is c1ccc(-c2ccc3c(-c4ccc(-c5cccc6ccccc56)cc4)c4ccccc4c(-c4ccccc4)c3c2)cc1. The first-order valence-electron chi connectivity index (χ1n) is 14.5. The summed E-state index contributed by atoms with van der Waals surface area (Å²) in [6.07, 6.45) is 0. The lowest BCUT2D eigenvalue weighted by atomic mass is 9.84. The van der Waals surface area contributed by atoms with Gasteiger partial charge in [0, 0.05) is 0 Å². The Bertz CT molecular complexity index is 2200. The van der Waals surface area contributed by atoms with Crippen LogP contribution >= 0.6 is 0 Å². The van der Waals surface area contributed by atoms with Crippen LogP contribution in [0.4, 0.5) is 0 Å². The topological polar surface area (TPSA) is 0 Å². The third kappa shape index (κ3) is 4.08. The first-order valence-corrected chi connectivity index (χ1v) is 14.5. The molecule has 0 atom stereocenters. The molecule has 0 unspecified atom stereocenters. The maximum atomic E-state index is 2.38. The first-order chi connectivity index (χ1) is 20.8. The molecule has 0 heteroatoms. The Balaban J connectivity index is 1.39. The average Bonchev–Trinajstić information content (AvgIpc) is 3.07. The van der Waals surface area contributed by atoms with E-state index in [1.54, 1.807) is 0 Å². The van der Waals surface area contributed by atoms with Gasteiger partial charge in [-0.25, -0.2) is 0 Å². The molecule has 0 nitrogen and oxygen atoms in total. The summed E-state index contributed by atoms with van der Waals surface area (Å²) in [6.45, 7) is 0. The number of hydrogen-bond donors (Lipinski definition) is 0. The fourth-order valence-electron chi connectivity index (χ4n) is 6.51. The highest BCUT2D eigenvalue weighted by atomic mass is 14.2. The summed E-state index contributed by atoms with van der Waals surface area (Å²) in [7, 11) is 0. The van der Waals surface area contributed by atoms with Gasteiger partial charge in [0.1, 0.15) is 0 Å². The molecule has 8 aromatic rings. The lowest BCUT2D eigenvalue weighted by molar-refractivity contribution is 1.62.